The first-order valence-electron chi connectivity index (χ1n) is 4.91. The van der Waals surface area contributed by atoms with E-state index in [1.807, 2.05) is 12.1 Å². The quantitative estimate of drug-likeness (QED) is 0.747. The molecule has 1 aromatic rings. The summed E-state index contributed by atoms with van der Waals surface area (Å²) in [7, 11) is 0. The molecular weight excluding hydrogens is 178 g/mol. The Labute approximate surface area is 83.7 Å². The van der Waals surface area contributed by atoms with Crippen LogP contribution >= 0.6 is 0 Å². The Bertz CT molecular complexity index is 301. The van der Waals surface area contributed by atoms with Crippen molar-refractivity contribution in [3.05, 3.63) is 35.4 Å². The Balaban J connectivity index is 2.14. The molecule has 0 amide bonds. The molecule has 1 atom stereocenters. The highest BCUT2D eigenvalue weighted by Crippen LogP contribution is 2.23. The predicted octanol–water partition coefficient (Wildman–Crippen LogP) is 0.840. The van der Waals surface area contributed by atoms with Crippen molar-refractivity contribution in [3.8, 4) is 0 Å². The summed E-state index contributed by atoms with van der Waals surface area (Å²) in [4.78, 5) is 0. The van der Waals surface area contributed by atoms with E-state index in [9.17, 15) is 0 Å². The van der Waals surface area contributed by atoms with Crippen molar-refractivity contribution in [2.75, 3.05) is 19.8 Å². The zero-order chi connectivity index (χ0) is 9.80. The minimum Gasteiger partial charge on any atom is -0.395 e. The number of aliphatic hydroxyl groups excluding tert-OH is 1. The molecule has 0 spiro atoms. The summed E-state index contributed by atoms with van der Waals surface area (Å²) in [6, 6.07) is 8.50. The van der Waals surface area contributed by atoms with Crippen LogP contribution in [0.1, 0.15) is 17.2 Å². The number of hydrogen-bond donors (Lipinski definition) is 2. The first-order chi connectivity index (χ1) is 6.92. The van der Waals surface area contributed by atoms with Crippen LogP contribution in [0.2, 0.25) is 0 Å². The normalized spacial score (nSPS) is 20.5. The number of aliphatic hydroxyl groups is 1. The molecule has 2 rings (SSSR count). The molecule has 14 heavy (non-hydrogen) atoms. The van der Waals surface area contributed by atoms with Crippen molar-refractivity contribution >= 4 is 0 Å². The van der Waals surface area contributed by atoms with Crippen molar-refractivity contribution in [3.63, 3.8) is 0 Å². The lowest BCUT2D eigenvalue weighted by atomic mass is 9.99. The summed E-state index contributed by atoms with van der Waals surface area (Å²) in [5.74, 6) is 0. The fourth-order valence-corrected chi connectivity index (χ4v) is 1.79. The van der Waals surface area contributed by atoms with Crippen LogP contribution in [0.25, 0.3) is 0 Å². The van der Waals surface area contributed by atoms with Crippen LogP contribution in [0.15, 0.2) is 24.3 Å². The number of rotatable bonds is 3. The van der Waals surface area contributed by atoms with Gasteiger partial charge in [-0.05, 0) is 11.1 Å². The second-order valence-corrected chi connectivity index (χ2v) is 3.44. The van der Waals surface area contributed by atoms with Crippen molar-refractivity contribution in [1.29, 1.82) is 0 Å². The second-order valence-electron chi connectivity index (χ2n) is 3.44. The van der Waals surface area contributed by atoms with E-state index in [0.717, 1.165) is 0 Å². The van der Waals surface area contributed by atoms with Gasteiger partial charge in [-0.2, -0.15) is 0 Å². The zero-order valence-electron chi connectivity index (χ0n) is 8.07. The van der Waals surface area contributed by atoms with Gasteiger partial charge in [-0.1, -0.05) is 24.3 Å². The minimum absolute atomic E-state index is 0.165. The average molecular weight is 193 g/mol. The first kappa shape index (κ1) is 9.65. The van der Waals surface area contributed by atoms with E-state index in [2.05, 4.69) is 17.4 Å². The average Bonchev–Trinajstić information content (AvgIpc) is 2.26. The molecular formula is C11H15NO2. The van der Waals surface area contributed by atoms with E-state index >= 15 is 0 Å². The van der Waals surface area contributed by atoms with E-state index in [1.165, 1.54) is 11.1 Å². The Morgan fingerprint density at radius 2 is 2.29 bits per heavy atom. The molecule has 1 aliphatic rings. The van der Waals surface area contributed by atoms with Crippen LogP contribution in [-0.2, 0) is 11.3 Å². The maximum absolute atomic E-state index is 8.74. The van der Waals surface area contributed by atoms with Crippen LogP contribution in [0.3, 0.4) is 0 Å². The molecule has 1 heterocycles. The summed E-state index contributed by atoms with van der Waals surface area (Å²) in [6.07, 6.45) is 0. The standard InChI is InChI=1S/C11H15NO2/c13-6-5-12-11-8-14-7-9-3-1-2-4-10(9)11/h1-4,11-13H,5-8H2. The van der Waals surface area contributed by atoms with Crippen LogP contribution in [0.4, 0.5) is 0 Å². The van der Waals surface area contributed by atoms with Gasteiger partial charge in [0.05, 0.1) is 25.9 Å². The van der Waals surface area contributed by atoms with Crippen molar-refractivity contribution in [2.24, 2.45) is 0 Å². The summed E-state index contributed by atoms with van der Waals surface area (Å²) in [6.45, 7) is 2.17. The summed E-state index contributed by atoms with van der Waals surface area (Å²) >= 11 is 0. The highest BCUT2D eigenvalue weighted by atomic mass is 16.5. The van der Waals surface area contributed by atoms with Crippen LogP contribution in [0.5, 0.6) is 0 Å². The van der Waals surface area contributed by atoms with E-state index in [0.29, 0.717) is 19.8 Å². The second kappa shape index (κ2) is 4.55. The first-order valence-corrected chi connectivity index (χ1v) is 4.91. The molecule has 0 bridgehead atoms. The molecule has 2 N–H and O–H groups in total. The van der Waals surface area contributed by atoms with E-state index in [-0.39, 0.29) is 12.6 Å². The fraction of sp³-hybridized carbons (Fsp3) is 0.455. The molecule has 0 aromatic heterocycles. The lowest BCUT2D eigenvalue weighted by Crippen LogP contribution is -2.31. The molecule has 0 fully saturated rings. The van der Waals surface area contributed by atoms with Crippen LogP contribution < -0.4 is 5.32 Å². The van der Waals surface area contributed by atoms with Crippen molar-refractivity contribution in [1.82, 2.24) is 5.32 Å². The van der Waals surface area contributed by atoms with E-state index in [1.54, 1.807) is 0 Å². The monoisotopic (exact) mass is 193 g/mol. The van der Waals surface area contributed by atoms with Gasteiger partial charge in [0.2, 0.25) is 0 Å². The van der Waals surface area contributed by atoms with Gasteiger partial charge < -0.3 is 15.2 Å². The minimum atomic E-state index is 0.165. The molecule has 0 aliphatic carbocycles. The number of hydrogen-bond acceptors (Lipinski definition) is 3. The molecule has 1 aromatic carbocycles. The van der Waals surface area contributed by atoms with Gasteiger partial charge in [-0.15, -0.1) is 0 Å². The third-order valence-electron chi connectivity index (χ3n) is 2.48. The van der Waals surface area contributed by atoms with Crippen LogP contribution in [0, 0.1) is 0 Å². The number of fused-ring (bicyclic) bond motifs is 1. The van der Waals surface area contributed by atoms with Gasteiger partial charge in [0, 0.05) is 6.54 Å². The van der Waals surface area contributed by atoms with Gasteiger partial charge in [-0.3, -0.25) is 0 Å². The maximum Gasteiger partial charge on any atom is 0.0721 e. The Morgan fingerprint density at radius 1 is 1.43 bits per heavy atom. The largest absolute Gasteiger partial charge is 0.395 e. The summed E-state index contributed by atoms with van der Waals surface area (Å²) in [5.41, 5.74) is 2.54. The van der Waals surface area contributed by atoms with Gasteiger partial charge in [-0.25, -0.2) is 0 Å². The highest BCUT2D eigenvalue weighted by Gasteiger charge is 2.18. The molecule has 1 aliphatic heterocycles. The Hall–Kier alpha value is -0.900. The molecule has 0 saturated carbocycles. The maximum atomic E-state index is 8.74. The fourth-order valence-electron chi connectivity index (χ4n) is 1.79. The topological polar surface area (TPSA) is 41.5 Å². The zero-order valence-corrected chi connectivity index (χ0v) is 8.07. The Kier molecular flexibility index (Phi) is 3.14. The predicted molar refractivity (Wildman–Crippen MR) is 53.9 cm³/mol. The Morgan fingerprint density at radius 3 is 3.14 bits per heavy atom. The smallest absolute Gasteiger partial charge is 0.0721 e. The SMILES string of the molecule is OCCNC1COCc2ccccc21. The molecule has 0 saturated heterocycles. The summed E-state index contributed by atoms with van der Waals surface area (Å²) in [5, 5.41) is 12.0. The lowest BCUT2D eigenvalue weighted by Gasteiger charge is -2.26. The van der Waals surface area contributed by atoms with E-state index in [4.69, 9.17) is 9.84 Å². The molecule has 0 radical (unpaired) electrons. The van der Waals surface area contributed by atoms with Crippen LogP contribution in [-0.4, -0.2) is 24.9 Å². The molecule has 3 nitrogen and oxygen atoms in total. The van der Waals surface area contributed by atoms with Gasteiger partial charge >= 0.3 is 0 Å². The molecule has 3 heteroatoms. The molecule has 76 valence electrons. The third-order valence-corrected chi connectivity index (χ3v) is 2.48. The highest BCUT2D eigenvalue weighted by molar-refractivity contribution is 5.30. The van der Waals surface area contributed by atoms with Crippen molar-refractivity contribution in [2.45, 2.75) is 12.6 Å². The lowest BCUT2D eigenvalue weighted by molar-refractivity contribution is 0.0806. The summed E-state index contributed by atoms with van der Waals surface area (Å²) < 4.78 is 5.46. The van der Waals surface area contributed by atoms with Crippen molar-refractivity contribution < 1.29 is 9.84 Å². The third kappa shape index (κ3) is 1.95. The number of nitrogens with one attached hydrogen (secondary N) is 1. The van der Waals surface area contributed by atoms with E-state index < -0.39 is 0 Å². The molecule has 1 unspecified atom stereocenters. The number of benzene rings is 1. The van der Waals surface area contributed by atoms with Gasteiger partial charge in [0.1, 0.15) is 0 Å². The number of ether oxygens (including phenoxy) is 1. The van der Waals surface area contributed by atoms with Gasteiger partial charge in [0.15, 0.2) is 0 Å². The van der Waals surface area contributed by atoms with Gasteiger partial charge in [0.25, 0.3) is 0 Å².